The number of benzene rings is 2. The molecule has 4 nitrogen and oxygen atoms in total. The molecule has 0 spiro atoms. The van der Waals surface area contributed by atoms with E-state index < -0.39 is 0 Å². The zero-order valence-electron chi connectivity index (χ0n) is 19.3. The van der Waals surface area contributed by atoms with Crippen molar-refractivity contribution in [1.29, 1.82) is 0 Å². The molecule has 2 aromatic carbocycles. The maximum Gasteiger partial charge on any atom is 0.135 e. The minimum Gasteiger partial charge on any atom is -0.496 e. The maximum absolute atomic E-state index is 5.75. The molecule has 0 aliphatic heterocycles. The Morgan fingerprint density at radius 3 is 2.00 bits per heavy atom. The summed E-state index contributed by atoms with van der Waals surface area (Å²) >= 11 is 0. The van der Waals surface area contributed by atoms with Gasteiger partial charge in [-0.3, -0.25) is 0 Å². The van der Waals surface area contributed by atoms with E-state index in [-0.39, 0.29) is 0 Å². The second kappa shape index (κ2) is 11.5. The van der Waals surface area contributed by atoms with Gasteiger partial charge in [0.25, 0.3) is 0 Å². The molecular formula is C27H35NO3. The van der Waals surface area contributed by atoms with Gasteiger partial charge in [0, 0.05) is 24.0 Å². The molecule has 1 heterocycles. The Kier molecular flexibility index (Phi) is 8.45. The Morgan fingerprint density at radius 2 is 1.39 bits per heavy atom. The molecule has 0 aliphatic carbocycles. The van der Waals surface area contributed by atoms with Gasteiger partial charge in [-0.2, -0.15) is 0 Å². The van der Waals surface area contributed by atoms with E-state index in [2.05, 4.69) is 48.0 Å². The lowest BCUT2D eigenvalue weighted by Crippen LogP contribution is -2.00. The normalized spacial score (nSPS) is 10.8. The summed E-state index contributed by atoms with van der Waals surface area (Å²) in [5, 5.41) is 0. The molecule has 0 fully saturated rings. The second-order valence-electron chi connectivity index (χ2n) is 7.86. The van der Waals surface area contributed by atoms with Gasteiger partial charge in [0.1, 0.15) is 17.2 Å². The van der Waals surface area contributed by atoms with E-state index in [1.165, 1.54) is 44.1 Å². The lowest BCUT2D eigenvalue weighted by atomic mass is 10.0. The fraction of sp³-hybridized carbons (Fsp3) is 0.407. The second-order valence-corrected chi connectivity index (χ2v) is 7.86. The summed E-state index contributed by atoms with van der Waals surface area (Å²) in [6, 6.07) is 16.5. The molecule has 31 heavy (non-hydrogen) atoms. The van der Waals surface area contributed by atoms with Crippen molar-refractivity contribution in [2.45, 2.75) is 51.9 Å². The van der Waals surface area contributed by atoms with E-state index in [4.69, 9.17) is 14.2 Å². The first-order valence-corrected chi connectivity index (χ1v) is 11.3. The molecule has 1 aromatic heterocycles. The number of ether oxygens (including phenoxy) is 3. The van der Waals surface area contributed by atoms with Gasteiger partial charge >= 0.3 is 0 Å². The quantitative estimate of drug-likeness (QED) is 0.293. The zero-order valence-corrected chi connectivity index (χ0v) is 19.3. The largest absolute Gasteiger partial charge is 0.496 e. The Bertz CT molecular complexity index is 921. The van der Waals surface area contributed by atoms with Crippen molar-refractivity contribution in [3.63, 3.8) is 0 Å². The topological polar surface area (TPSA) is 32.6 Å². The van der Waals surface area contributed by atoms with Crippen LogP contribution in [0.25, 0.3) is 16.9 Å². The molecule has 0 aliphatic rings. The van der Waals surface area contributed by atoms with Gasteiger partial charge in [-0.05, 0) is 36.6 Å². The van der Waals surface area contributed by atoms with Gasteiger partial charge in [-0.25, -0.2) is 0 Å². The van der Waals surface area contributed by atoms with Crippen LogP contribution in [0.5, 0.6) is 17.2 Å². The fourth-order valence-corrected chi connectivity index (χ4v) is 4.02. The summed E-state index contributed by atoms with van der Waals surface area (Å²) in [7, 11) is 5.02. The SMILES string of the molecule is CCCCCCCCc1cc(-c2c(OC)cc(OC)cc2OC)n(-c2ccccc2)c1. The molecule has 0 unspecified atom stereocenters. The molecule has 0 N–H and O–H groups in total. The van der Waals surface area contributed by atoms with Crippen molar-refractivity contribution < 1.29 is 14.2 Å². The highest BCUT2D eigenvalue weighted by Crippen LogP contribution is 2.43. The fourth-order valence-electron chi connectivity index (χ4n) is 4.02. The average Bonchev–Trinajstić information content (AvgIpc) is 3.24. The third kappa shape index (κ3) is 5.63. The Balaban J connectivity index is 1.98. The average molecular weight is 422 g/mol. The predicted molar refractivity (Wildman–Crippen MR) is 128 cm³/mol. The Morgan fingerprint density at radius 1 is 0.742 bits per heavy atom. The first kappa shape index (κ1) is 22.8. The highest BCUT2D eigenvalue weighted by molar-refractivity contribution is 5.78. The number of hydrogen-bond donors (Lipinski definition) is 0. The van der Waals surface area contributed by atoms with Gasteiger partial charge < -0.3 is 18.8 Å². The van der Waals surface area contributed by atoms with Crippen molar-refractivity contribution in [1.82, 2.24) is 4.57 Å². The van der Waals surface area contributed by atoms with Gasteiger partial charge in [0.05, 0.1) is 32.6 Å². The maximum atomic E-state index is 5.75. The van der Waals surface area contributed by atoms with Crippen molar-refractivity contribution in [2.24, 2.45) is 0 Å². The lowest BCUT2D eigenvalue weighted by Gasteiger charge is -2.17. The van der Waals surface area contributed by atoms with E-state index in [0.717, 1.165) is 34.9 Å². The van der Waals surface area contributed by atoms with E-state index in [1.807, 2.05) is 18.2 Å². The lowest BCUT2D eigenvalue weighted by molar-refractivity contribution is 0.377. The summed E-state index contributed by atoms with van der Waals surface area (Å²) < 4.78 is 19.2. The molecule has 0 amide bonds. The summed E-state index contributed by atoms with van der Waals surface area (Å²) in [6.45, 7) is 2.26. The van der Waals surface area contributed by atoms with Gasteiger partial charge in [-0.1, -0.05) is 57.2 Å². The van der Waals surface area contributed by atoms with Crippen LogP contribution < -0.4 is 14.2 Å². The van der Waals surface area contributed by atoms with Crippen LogP contribution in [0.4, 0.5) is 0 Å². The minimum atomic E-state index is 0.711. The number of methoxy groups -OCH3 is 3. The molecule has 3 aromatic rings. The summed E-state index contributed by atoms with van der Waals surface area (Å²) in [5.41, 5.74) is 4.44. The number of aromatic nitrogens is 1. The van der Waals surface area contributed by atoms with Crippen LogP contribution in [0.3, 0.4) is 0 Å². The number of hydrogen-bond acceptors (Lipinski definition) is 3. The smallest absolute Gasteiger partial charge is 0.135 e. The van der Waals surface area contributed by atoms with Crippen molar-refractivity contribution in [3.8, 4) is 34.2 Å². The molecule has 0 saturated heterocycles. The summed E-state index contributed by atoms with van der Waals surface area (Å²) in [4.78, 5) is 0. The number of nitrogens with zero attached hydrogens (tertiary/aromatic N) is 1. The number of rotatable bonds is 12. The molecule has 4 heteroatoms. The van der Waals surface area contributed by atoms with Crippen molar-refractivity contribution in [3.05, 3.63) is 60.3 Å². The van der Waals surface area contributed by atoms with Crippen molar-refractivity contribution in [2.75, 3.05) is 21.3 Å². The zero-order chi connectivity index (χ0) is 22.1. The first-order chi connectivity index (χ1) is 15.2. The Hall–Kier alpha value is -2.88. The monoisotopic (exact) mass is 421 g/mol. The molecule has 3 rings (SSSR count). The van der Waals surface area contributed by atoms with Gasteiger partial charge in [-0.15, -0.1) is 0 Å². The van der Waals surface area contributed by atoms with Gasteiger partial charge in [0.15, 0.2) is 0 Å². The Labute approximate surface area is 186 Å². The molecule has 0 bridgehead atoms. The van der Waals surface area contributed by atoms with Crippen LogP contribution in [-0.2, 0) is 6.42 Å². The number of unbranched alkanes of at least 4 members (excludes halogenated alkanes) is 5. The summed E-state index contributed by atoms with van der Waals surface area (Å²) in [6.07, 6.45) is 11.1. The molecule has 0 atom stereocenters. The van der Waals surface area contributed by atoms with E-state index in [1.54, 1.807) is 21.3 Å². The van der Waals surface area contributed by atoms with E-state index in [0.29, 0.717) is 5.75 Å². The molecular weight excluding hydrogens is 386 g/mol. The summed E-state index contributed by atoms with van der Waals surface area (Å²) in [5.74, 6) is 2.18. The highest BCUT2D eigenvalue weighted by Gasteiger charge is 2.20. The first-order valence-electron chi connectivity index (χ1n) is 11.3. The number of aryl methyl sites for hydroxylation is 1. The van der Waals surface area contributed by atoms with Crippen LogP contribution in [0, 0.1) is 0 Å². The minimum absolute atomic E-state index is 0.711. The van der Waals surface area contributed by atoms with Crippen LogP contribution in [-0.4, -0.2) is 25.9 Å². The van der Waals surface area contributed by atoms with Crippen LogP contribution in [0.15, 0.2) is 54.7 Å². The van der Waals surface area contributed by atoms with Crippen LogP contribution >= 0.6 is 0 Å². The van der Waals surface area contributed by atoms with Crippen LogP contribution in [0.2, 0.25) is 0 Å². The molecule has 166 valence electrons. The van der Waals surface area contributed by atoms with Crippen LogP contribution in [0.1, 0.15) is 51.0 Å². The predicted octanol–water partition coefficient (Wildman–Crippen LogP) is 7.07. The standard InChI is InChI=1S/C27H35NO3/c1-5-6-7-8-9-11-14-21-17-24(28(20-21)22-15-12-10-13-16-22)27-25(30-3)18-23(29-2)19-26(27)31-4/h10,12-13,15-20H,5-9,11,14H2,1-4H3. The highest BCUT2D eigenvalue weighted by atomic mass is 16.5. The number of para-hydroxylation sites is 1. The molecule has 0 saturated carbocycles. The van der Waals surface area contributed by atoms with Crippen molar-refractivity contribution >= 4 is 0 Å². The van der Waals surface area contributed by atoms with E-state index >= 15 is 0 Å². The third-order valence-electron chi connectivity index (χ3n) is 5.70. The third-order valence-corrected chi connectivity index (χ3v) is 5.70. The van der Waals surface area contributed by atoms with Gasteiger partial charge in [0.2, 0.25) is 0 Å². The molecule has 0 radical (unpaired) electrons. The van der Waals surface area contributed by atoms with E-state index in [9.17, 15) is 0 Å².